The van der Waals surface area contributed by atoms with Gasteiger partial charge in [-0.15, -0.1) is 13.2 Å². The molecule has 9 heteroatoms. The van der Waals surface area contributed by atoms with E-state index in [0.717, 1.165) is 0 Å². The van der Waals surface area contributed by atoms with Crippen molar-refractivity contribution in [2.45, 2.75) is 25.8 Å². The second-order valence-corrected chi connectivity index (χ2v) is 3.36. The van der Waals surface area contributed by atoms with Crippen LogP contribution in [0.3, 0.4) is 0 Å². The van der Waals surface area contributed by atoms with Crippen molar-refractivity contribution in [2.24, 2.45) is 5.73 Å². The first kappa shape index (κ1) is 15.1. The summed E-state index contributed by atoms with van der Waals surface area (Å²) in [5.41, 5.74) is 3.51. The van der Waals surface area contributed by atoms with Crippen LogP contribution < -0.4 is 10.5 Å². The topological polar surface area (TPSA) is 71.9 Å². The molecule has 0 unspecified atom stereocenters. The van der Waals surface area contributed by atoms with Gasteiger partial charge in [0, 0.05) is 23.9 Å². The second-order valence-electron chi connectivity index (χ2n) is 3.36. The SMILES string of the molecule is N#CCc1c(C(F)F)cnc(CN)c1OC(F)(F)F. The van der Waals surface area contributed by atoms with Crippen LogP contribution in [0.5, 0.6) is 5.75 Å². The Balaban J connectivity index is 3.44. The molecule has 0 fully saturated rings. The summed E-state index contributed by atoms with van der Waals surface area (Å²) in [6.07, 6.45) is -8.13. The normalized spacial score (nSPS) is 11.5. The number of hydrogen-bond donors (Lipinski definition) is 1. The van der Waals surface area contributed by atoms with Gasteiger partial charge in [-0.25, -0.2) is 8.78 Å². The van der Waals surface area contributed by atoms with Crippen molar-refractivity contribution in [3.05, 3.63) is 23.0 Å². The lowest BCUT2D eigenvalue weighted by Gasteiger charge is -2.17. The maximum absolute atomic E-state index is 12.7. The van der Waals surface area contributed by atoms with Crippen LogP contribution in [0.2, 0.25) is 0 Å². The molecule has 0 bridgehead atoms. The average molecular weight is 281 g/mol. The summed E-state index contributed by atoms with van der Waals surface area (Å²) in [6.45, 7) is -0.437. The minimum Gasteiger partial charge on any atom is -0.403 e. The van der Waals surface area contributed by atoms with Gasteiger partial charge in [-0.2, -0.15) is 5.26 Å². The van der Waals surface area contributed by atoms with Crippen LogP contribution in [0, 0.1) is 11.3 Å². The standard InChI is InChI=1S/C10H8F5N3O/c11-9(12)6-4-18-7(3-17)8(5(6)1-2-16)19-10(13,14)15/h4,9H,1,3,17H2. The van der Waals surface area contributed by atoms with Crippen LogP contribution in [0.25, 0.3) is 0 Å². The van der Waals surface area contributed by atoms with E-state index in [0.29, 0.717) is 6.20 Å². The summed E-state index contributed by atoms with van der Waals surface area (Å²) < 4.78 is 65.8. The first-order chi connectivity index (χ1) is 8.80. The largest absolute Gasteiger partial charge is 0.573 e. The van der Waals surface area contributed by atoms with E-state index in [1.54, 1.807) is 0 Å². The first-order valence-electron chi connectivity index (χ1n) is 4.91. The fourth-order valence-electron chi connectivity index (χ4n) is 1.42. The smallest absolute Gasteiger partial charge is 0.403 e. The van der Waals surface area contributed by atoms with Crippen LogP contribution in [0.1, 0.15) is 23.2 Å². The van der Waals surface area contributed by atoms with Gasteiger partial charge in [0.2, 0.25) is 0 Å². The predicted octanol–water partition coefficient (Wildman–Crippen LogP) is 2.44. The third-order valence-corrected chi connectivity index (χ3v) is 2.15. The molecule has 0 radical (unpaired) electrons. The molecular formula is C10H8F5N3O. The molecule has 0 aliphatic rings. The summed E-state index contributed by atoms with van der Waals surface area (Å²) in [7, 11) is 0. The Labute approximate surface area is 104 Å². The van der Waals surface area contributed by atoms with Crippen LogP contribution in [-0.4, -0.2) is 11.3 Å². The monoisotopic (exact) mass is 281 g/mol. The Bertz CT molecular complexity index is 495. The lowest BCUT2D eigenvalue weighted by molar-refractivity contribution is -0.275. The molecule has 0 atom stereocenters. The number of ether oxygens (including phenoxy) is 1. The molecule has 0 saturated carbocycles. The van der Waals surface area contributed by atoms with Crippen LogP contribution in [-0.2, 0) is 13.0 Å². The Morgan fingerprint density at radius 2 is 2.05 bits per heavy atom. The van der Waals surface area contributed by atoms with Crippen molar-refractivity contribution in [1.29, 1.82) is 5.26 Å². The molecule has 0 aliphatic heterocycles. The van der Waals surface area contributed by atoms with E-state index in [1.807, 2.05) is 0 Å². The molecule has 19 heavy (non-hydrogen) atoms. The summed E-state index contributed by atoms with van der Waals surface area (Å²) >= 11 is 0. The molecular weight excluding hydrogens is 273 g/mol. The highest BCUT2D eigenvalue weighted by Crippen LogP contribution is 2.35. The van der Waals surface area contributed by atoms with Gasteiger partial charge in [-0.05, 0) is 0 Å². The quantitative estimate of drug-likeness (QED) is 0.860. The highest BCUT2D eigenvalue weighted by atomic mass is 19.4. The summed E-state index contributed by atoms with van der Waals surface area (Å²) in [4.78, 5) is 3.41. The lowest BCUT2D eigenvalue weighted by atomic mass is 10.0. The number of rotatable bonds is 4. The van der Waals surface area contributed by atoms with E-state index in [9.17, 15) is 22.0 Å². The average Bonchev–Trinajstić information content (AvgIpc) is 2.29. The zero-order valence-corrected chi connectivity index (χ0v) is 9.34. The number of nitrogens with zero attached hydrogens (tertiary/aromatic N) is 2. The zero-order chi connectivity index (χ0) is 14.6. The van der Waals surface area contributed by atoms with Gasteiger partial charge in [0.15, 0.2) is 5.75 Å². The number of alkyl halides is 5. The van der Waals surface area contributed by atoms with Crippen molar-refractivity contribution in [3.63, 3.8) is 0 Å². The third-order valence-electron chi connectivity index (χ3n) is 2.15. The van der Waals surface area contributed by atoms with Gasteiger partial charge in [-0.1, -0.05) is 0 Å². The van der Waals surface area contributed by atoms with Gasteiger partial charge in [0.05, 0.1) is 18.2 Å². The maximum atomic E-state index is 12.7. The number of pyridine rings is 1. The molecule has 0 aromatic carbocycles. The number of hydrogen-bond acceptors (Lipinski definition) is 4. The van der Waals surface area contributed by atoms with Crippen molar-refractivity contribution in [1.82, 2.24) is 4.98 Å². The van der Waals surface area contributed by atoms with Crippen molar-refractivity contribution in [2.75, 3.05) is 0 Å². The van der Waals surface area contributed by atoms with E-state index in [4.69, 9.17) is 11.0 Å². The molecule has 1 rings (SSSR count). The number of halogens is 5. The molecule has 0 spiro atoms. The van der Waals surface area contributed by atoms with Crippen molar-refractivity contribution in [3.8, 4) is 11.8 Å². The highest BCUT2D eigenvalue weighted by Gasteiger charge is 2.34. The molecule has 104 valence electrons. The van der Waals surface area contributed by atoms with Crippen molar-refractivity contribution < 1.29 is 26.7 Å². The fraction of sp³-hybridized carbons (Fsp3) is 0.400. The summed E-state index contributed by atoms with van der Waals surface area (Å²) in [5, 5.41) is 8.53. The van der Waals surface area contributed by atoms with Crippen LogP contribution in [0.15, 0.2) is 6.20 Å². The molecule has 0 aliphatic carbocycles. The van der Waals surface area contributed by atoms with E-state index >= 15 is 0 Å². The van der Waals surface area contributed by atoms with Crippen molar-refractivity contribution >= 4 is 0 Å². The van der Waals surface area contributed by atoms with Gasteiger partial charge in [-0.3, -0.25) is 4.98 Å². The molecule has 1 aromatic heterocycles. The zero-order valence-electron chi connectivity index (χ0n) is 9.34. The molecule has 0 saturated heterocycles. The minimum atomic E-state index is -5.09. The van der Waals surface area contributed by atoms with E-state index in [1.165, 1.54) is 6.07 Å². The Kier molecular flexibility index (Phi) is 4.61. The Hall–Kier alpha value is -1.95. The van der Waals surface area contributed by atoms with E-state index < -0.39 is 42.6 Å². The van der Waals surface area contributed by atoms with Gasteiger partial charge in [0.1, 0.15) is 0 Å². The third kappa shape index (κ3) is 3.75. The first-order valence-corrected chi connectivity index (χ1v) is 4.91. The Morgan fingerprint density at radius 3 is 2.47 bits per heavy atom. The fourth-order valence-corrected chi connectivity index (χ4v) is 1.42. The highest BCUT2D eigenvalue weighted by molar-refractivity contribution is 5.44. The summed E-state index contributed by atoms with van der Waals surface area (Å²) in [6, 6.07) is 1.51. The van der Waals surface area contributed by atoms with Gasteiger partial charge in [0.25, 0.3) is 6.43 Å². The maximum Gasteiger partial charge on any atom is 0.573 e. The molecule has 0 amide bonds. The number of nitriles is 1. The molecule has 1 aromatic rings. The van der Waals surface area contributed by atoms with Gasteiger partial charge >= 0.3 is 6.36 Å². The molecule has 1 heterocycles. The number of aromatic nitrogens is 1. The Morgan fingerprint density at radius 1 is 1.42 bits per heavy atom. The second kappa shape index (κ2) is 5.79. The van der Waals surface area contributed by atoms with Crippen LogP contribution in [0.4, 0.5) is 22.0 Å². The van der Waals surface area contributed by atoms with Gasteiger partial charge < -0.3 is 10.5 Å². The molecule has 2 N–H and O–H groups in total. The van der Waals surface area contributed by atoms with E-state index in [-0.39, 0.29) is 5.69 Å². The summed E-state index contributed by atoms with van der Waals surface area (Å²) in [5.74, 6) is -0.922. The van der Waals surface area contributed by atoms with E-state index in [2.05, 4.69) is 9.72 Å². The molecule has 4 nitrogen and oxygen atoms in total. The minimum absolute atomic E-state index is 0.341. The lowest BCUT2D eigenvalue weighted by Crippen LogP contribution is -2.21. The van der Waals surface area contributed by atoms with Crippen LogP contribution >= 0.6 is 0 Å². The number of nitrogens with two attached hydrogens (primary N) is 1. The predicted molar refractivity (Wildman–Crippen MR) is 53.1 cm³/mol.